The van der Waals surface area contributed by atoms with Crippen molar-refractivity contribution in [2.24, 2.45) is 35.0 Å². The van der Waals surface area contributed by atoms with E-state index >= 15 is 0 Å². The minimum absolute atomic E-state index is 0.00124. The van der Waals surface area contributed by atoms with Gasteiger partial charge in [-0.2, -0.15) is 9.37 Å². The number of amides is 1. The maximum Gasteiger partial charge on any atom is 0.240 e. The Hall–Kier alpha value is -1.72. The van der Waals surface area contributed by atoms with E-state index in [9.17, 15) is 18.3 Å². The Kier molecular flexibility index (Phi) is 8.31. The van der Waals surface area contributed by atoms with Crippen molar-refractivity contribution < 1.29 is 23.2 Å². The van der Waals surface area contributed by atoms with E-state index in [0.29, 0.717) is 55.9 Å². The number of piperazine rings is 1. The van der Waals surface area contributed by atoms with E-state index < -0.39 is 22.2 Å². The third kappa shape index (κ3) is 5.54. The first-order valence-corrected chi connectivity index (χ1v) is 16.8. The van der Waals surface area contributed by atoms with Gasteiger partial charge in [0.05, 0.1) is 19.4 Å². The number of benzene rings is 1. The summed E-state index contributed by atoms with van der Waals surface area (Å²) in [4.78, 5) is 22.4. The van der Waals surface area contributed by atoms with Gasteiger partial charge in [-0.1, -0.05) is 46.8 Å². The summed E-state index contributed by atoms with van der Waals surface area (Å²) in [6, 6.07) is 7.85. The summed E-state index contributed by atoms with van der Waals surface area (Å²) in [5, 5.41) is 15.4. The van der Waals surface area contributed by atoms with Crippen molar-refractivity contribution in [3.8, 4) is 0 Å². The Bertz CT molecular complexity index is 1180. The molecular weight excluding hydrogens is 528 g/mol. The number of hydrogen-bond donors (Lipinski definition) is 2. The molecular formula is C30H48N4O5S. The SMILES string of the molecule is CC(C)[C@@H]1[C@H](CO)ON(Cc2cccc(N3CCN(S(C)(=O)=O)CC3)c2)[C@@H]1C(=O)N[C@H]1C[C@H]2C[C@@H]([C@@H]1C)C2(C)C. The van der Waals surface area contributed by atoms with Crippen molar-refractivity contribution in [2.75, 3.05) is 43.9 Å². The molecule has 0 unspecified atom stereocenters. The number of aliphatic hydroxyl groups excluding tert-OH is 1. The Balaban J connectivity index is 1.31. The number of hydrogen-bond acceptors (Lipinski definition) is 7. The van der Waals surface area contributed by atoms with E-state index in [1.165, 1.54) is 17.0 Å². The monoisotopic (exact) mass is 576 g/mol. The molecule has 7 atom stereocenters. The average Bonchev–Trinajstić information content (AvgIpc) is 3.27. The lowest BCUT2D eigenvalue weighted by atomic mass is 9.45. The largest absolute Gasteiger partial charge is 0.394 e. The van der Waals surface area contributed by atoms with Gasteiger partial charge >= 0.3 is 0 Å². The third-order valence-corrected chi connectivity index (χ3v) is 11.9. The zero-order valence-corrected chi connectivity index (χ0v) is 25.7. The fourth-order valence-corrected chi connectivity index (χ4v) is 8.84. The molecule has 5 aliphatic rings. The molecule has 2 aliphatic heterocycles. The van der Waals surface area contributed by atoms with Crippen LogP contribution in [0.4, 0.5) is 5.69 Å². The first kappa shape index (κ1) is 29.8. The number of fused-ring (bicyclic) bond motifs is 2. The highest BCUT2D eigenvalue weighted by Crippen LogP contribution is 2.61. The van der Waals surface area contributed by atoms with Gasteiger partial charge in [0.2, 0.25) is 15.9 Å². The molecule has 0 radical (unpaired) electrons. The highest BCUT2D eigenvalue weighted by molar-refractivity contribution is 7.88. The molecule has 5 fully saturated rings. The number of nitrogens with zero attached hydrogens (tertiary/aromatic N) is 3. The minimum Gasteiger partial charge on any atom is -0.394 e. The van der Waals surface area contributed by atoms with Crippen LogP contribution in [0.1, 0.15) is 53.0 Å². The van der Waals surface area contributed by atoms with Crippen LogP contribution >= 0.6 is 0 Å². The highest BCUT2D eigenvalue weighted by atomic mass is 32.2. The molecule has 10 heteroatoms. The number of nitrogens with one attached hydrogen (secondary N) is 1. The molecule has 3 aliphatic carbocycles. The van der Waals surface area contributed by atoms with Crippen molar-refractivity contribution in [1.29, 1.82) is 0 Å². The lowest BCUT2D eigenvalue weighted by Gasteiger charge is -2.62. The van der Waals surface area contributed by atoms with Crippen LogP contribution in [0.3, 0.4) is 0 Å². The van der Waals surface area contributed by atoms with Gasteiger partial charge in [0.25, 0.3) is 0 Å². The first-order valence-electron chi connectivity index (χ1n) is 14.9. The standard InChI is InChI=1S/C30H48N4O5S/c1-19(2)27-26(18-35)39-34(28(27)29(36)31-25-16-22-15-24(20(25)3)30(22,4)5)17-21-8-7-9-23(14-21)32-10-12-33(13-11-32)40(6,37)38/h7-9,14,19-20,22,24-28,35H,10-13,15-18H2,1-6H3,(H,31,36)/t20-,22+,24-,25-,26-,27+,28-/m0/s1. The zero-order chi connectivity index (χ0) is 29.0. The quantitative estimate of drug-likeness (QED) is 0.491. The van der Waals surface area contributed by atoms with Gasteiger partial charge in [0.15, 0.2) is 0 Å². The van der Waals surface area contributed by atoms with Crippen LogP contribution in [0, 0.1) is 35.0 Å². The summed E-state index contributed by atoms with van der Waals surface area (Å²) in [5.74, 6) is 1.77. The molecule has 2 bridgehead atoms. The van der Waals surface area contributed by atoms with E-state index in [2.05, 4.69) is 50.9 Å². The van der Waals surface area contributed by atoms with Gasteiger partial charge in [0, 0.05) is 43.8 Å². The number of aliphatic hydroxyl groups is 1. The molecule has 1 aromatic rings. The number of anilines is 1. The van der Waals surface area contributed by atoms with Gasteiger partial charge in [0.1, 0.15) is 12.1 Å². The van der Waals surface area contributed by atoms with Gasteiger partial charge in [-0.25, -0.2) is 8.42 Å². The minimum atomic E-state index is -3.19. The normalized spacial score (nSPS) is 34.6. The molecule has 224 valence electrons. The van der Waals surface area contributed by atoms with Crippen LogP contribution in [-0.2, 0) is 26.2 Å². The number of hydroxylamine groups is 2. The van der Waals surface area contributed by atoms with Crippen molar-refractivity contribution in [3.63, 3.8) is 0 Å². The molecule has 40 heavy (non-hydrogen) atoms. The van der Waals surface area contributed by atoms with Gasteiger partial charge in [-0.15, -0.1) is 0 Å². The Morgan fingerprint density at radius 2 is 1.88 bits per heavy atom. The molecule has 2 N–H and O–H groups in total. The predicted octanol–water partition coefficient (Wildman–Crippen LogP) is 2.70. The molecule has 1 aromatic carbocycles. The van der Waals surface area contributed by atoms with Crippen molar-refractivity contribution in [1.82, 2.24) is 14.7 Å². The summed E-state index contributed by atoms with van der Waals surface area (Å²) in [6.07, 6.45) is 3.11. The zero-order valence-electron chi connectivity index (χ0n) is 24.9. The van der Waals surface area contributed by atoms with E-state index in [-0.39, 0.29) is 30.4 Å². The number of carbonyl (C=O) groups excluding carboxylic acids is 1. The maximum absolute atomic E-state index is 14.0. The number of carbonyl (C=O) groups is 1. The maximum atomic E-state index is 14.0. The Labute approximate surface area is 240 Å². The average molecular weight is 577 g/mol. The third-order valence-electron chi connectivity index (χ3n) is 10.6. The summed E-state index contributed by atoms with van der Waals surface area (Å²) in [5.41, 5.74) is 2.40. The van der Waals surface area contributed by atoms with E-state index in [1.54, 1.807) is 5.06 Å². The second kappa shape index (κ2) is 11.2. The lowest BCUT2D eigenvalue weighted by molar-refractivity contribution is -0.183. The fraction of sp³-hybridized carbons (Fsp3) is 0.767. The topological polar surface area (TPSA) is 102 Å². The molecule has 0 aromatic heterocycles. The predicted molar refractivity (Wildman–Crippen MR) is 156 cm³/mol. The van der Waals surface area contributed by atoms with Crippen LogP contribution in [0.25, 0.3) is 0 Å². The number of rotatable bonds is 8. The molecule has 6 rings (SSSR count). The molecule has 9 nitrogen and oxygen atoms in total. The van der Waals surface area contributed by atoms with E-state index in [1.807, 2.05) is 18.2 Å². The lowest BCUT2D eigenvalue weighted by Crippen LogP contribution is -2.62. The Morgan fingerprint density at radius 1 is 1.18 bits per heavy atom. The number of sulfonamides is 1. The van der Waals surface area contributed by atoms with Crippen molar-refractivity contribution >= 4 is 21.6 Å². The smallest absolute Gasteiger partial charge is 0.240 e. The molecule has 2 heterocycles. The fourth-order valence-electron chi connectivity index (χ4n) is 8.01. The molecule has 3 saturated carbocycles. The summed E-state index contributed by atoms with van der Waals surface area (Å²) in [7, 11) is -3.19. The van der Waals surface area contributed by atoms with Crippen LogP contribution in [0.5, 0.6) is 0 Å². The van der Waals surface area contributed by atoms with Crippen molar-refractivity contribution in [2.45, 2.75) is 72.2 Å². The van der Waals surface area contributed by atoms with Gasteiger partial charge in [-0.05, 0) is 59.6 Å². The van der Waals surface area contributed by atoms with E-state index in [4.69, 9.17) is 4.84 Å². The summed E-state index contributed by atoms with van der Waals surface area (Å²) in [6.45, 7) is 13.7. The first-order chi connectivity index (χ1) is 18.8. The molecule has 2 saturated heterocycles. The van der Waals surface area contributed by atoms with Crippen LogP contribution in [-0.4, -0.2) is 86.0 Å². The van der Waals surface area contributed by atoms with Crippen LogP contribution in [0.15, 0.2) is 24.3 Å². The Morgan fingerprint density at radius 3 is 2.45 bits per heavy atom. The van der Waals surface area contributed by atoms with Crippen molar-refractivity contribution in [3.05, 3.63) is 29.8 Å². The van der Waals surface area contributed by atoms with E-state index in [0.717, 1.165) is 17.7 Å². The summed E-state index contributed by atoms with van der Waals surface area (Å²) >= 11 is 0. The van der Waals surface area contributed by atoms with Crippen LogP contribution < -0.4 is 10.2 Å². The highest BCUT2D eigenvalue weighted by Gasteiger charge is 2.57. The van der Waals surface area contributed by atoms with Gasteiger partial charge < -0.3 is 15.3 Å². The van der Waals surface area contributed by atoms with Crippen LogP contribution in [0.2, 0.25) is 0 Å². The molecule has 1 amide bonds. The second-order valence-electron chi connectivity index (χ2n) is 13.6. The molecule has 0 spiro atoms. The summed E-state index contributed by atoms with van der Waals surface area (Å²) < 4.78 is 25.4. The van der Waals surface area contributed by atoms with Gasteiger partial charge in [-0.3, -0.25) is 9.63 Å². The second-order valence-corrected chi connectivity index (χ2v) is 15.5.